The monoisotopic (exact) mass is 348 g/mol. The van der Waals surface area contributed by atoms with E-state index in [2.05, 4.69) is 53.3 Å². The normalized spacial score (nSPS) is 11.6. The van der Waals surface area contributed by atoms with Gasteiger partial charge < -0.3 is 15.3 Å². The van der Waals surface area contributed by atoms with Crippen molar-refractivity contribution in [1.82, 2.24) is 0 Å². The van der Waals surface area contributed by atoms with Crippen LogP contribution in [0.15, 0.2) is 24.3 Å². The fourth-order valence-corrected chi connectivity index (χ4v) is 1.57. The molecule has 0 aliphatic heterocycles. The average Bonchev–Trinajstić information content (AvgIpc) is 2.65. The maximum Gasteiger partial charge on any atom is 0.138 e. The molecule has 26 heavy (non-hydrogen) atoms. The van der Waals surface area contributed by atoms with Gasteiger partial charge in [0.05, 0.1) is 6.61 Å². The summed E-state index contributed by atoms with van der Waals surface area (Å²) in [6.45, 7) is -0.413. The summed E-state index contributed by atoms with van der Waals surface area (Å²) in [5.74, 6) is 23.2. The Morgan fingerprint density at radius 2 is 1.50 bits per heavy atom. The van der Waals surface area contributed by atoms with Crippen molar-refractivity contribution in [3.63, 3.8) is 0 Å². The van der Waals surface area contributed by atoms with Crippen LogP contribution in [0.5, 0.6) is 0 Å². The molecule has 0 spiro atoms. The number of unbranched alkanes of at least 4 members (excludes halogenated alkanes) is 3. The van der Waals surface area contributed by atoms with Gasteiger partial charge in [-0.2, -0.15) is 0 Å². The van der Waals surface area contributed by atoms with Crippen LogP contribution in [0.4, 0.5) is 0 Å². The van der Waals surface area contributed by atoms with E-state index in [1.165, 1.54) is 0 Å². The van der Waals surface area contributed by atoms with E-state index in [0.29, 0.717) is 12.8 Å². The van der Waals surface area contributed by atoms with Crippen molar-refractivity contribution >= 4 is 0 Å². The fraction of sp³-hybridized carbons (Fsp3) is 0.391. The van der Waals surface area contributed by atoms with Gasteiger partial charge in [-0.1, -0.05) is 41.8 Å². The summed E-state index contributed by atoms with van der Waals surface area (Å²) < 4.78 is 0. The van der Waals surface area contributed by atoms with Gasteiger partial charge in [0.2, 0.25) is 0 Å². The predicted molar refractivity (Wildman–Crippen MR) is 105 cm³/mol. The van der Waals surface area contributed by atoms with E-state index in [-0.39, 0.29) is 0 Å². The fourth-order valence-electron chi connectivity index (χ4n) is 1.57. The third kappa shape index (κ3) is 17.5. The third-order valence-electron chi connectivity index (χ3n) is 2.89. The molecule has 2 unspecified atom stereocenters. The van der Waals surface area contributed by atoms with Crippen molar-refractivity contribution in [2.24, 2.45) is 0 Å². The van der Waals surface area contributed by atoms with Gasteiger partial charge in [0, 0.05) is 6.42 Å². The topological polar surface area (TPSA) is 60.7 Å². The zero-order chi connectivity index (χ0) is 19.3. The first-order chi connectivity index (χ1) is 12.7. The molecule has 3 N–H and O–H groups in total. The van der Waals surface area contributed by atoms with Crippen LogP contribution in [-0.4, -0.2) is 34.1 Å². The molecule has 0 fully saturated rings. The number of terminal acetylenes is 1. The Labute approximate surface area is 157 Å². The summed E-state index contributed by atoms with van der Waals surface area (Å²) in [5.41, 5.74) is 0. The molecule has 0 rings (SSSR count). The maximum absolute atomic E-state index is 9.64. The quantitative estimate of drug-likeness (QED) is 0.463. The van der Waals surface area contributed by atoms with Gasteiger partial charge in [-0.3, -0.25) is 0 Å². The molecule has 0 amide bonds. The van der Waals surface area contributed by atoms with E-state index in [1.54, 1.807) is 12.2 Å². The minimum Gasteiger partial charge on any atom is -0.393 e. The van der Waals surface area contributed by atoms with Crippen LogP contribution in [0.3, 0.4) is 0 Å². The van der Waals surface area contributed by atoms with E-state index in [4.69, 9.17) is 16.6 Å². The van der Waals surface area contributed by atoms with Crippen molar-refractivity contribution in [1.29, 1.82) is 0 Å². The van der Waals surface area contributed by atoms with Gasteiger partial charge in [0.15, 0.2) is 0 Å². The van der Waals surface area contributed by atoms with Crippen LogP contribution in [0, 0.1) is 59.7 Å². The molecule has 0 saturated carbocycles. The zero-order valence-corrected chi connectivity index (χ0v) is 14.8. The summed E-state index contributed by atoms with van der Waals surface area (Å²) >= 11 is 0. The molecule has 0 saturated heterocycles. The lowest BCUT2D eigenvalue weighted by molar-refractivity contribution is 0.138. The number of allylic oxidation sites excluding steroid dienone is 4. The summed E-state index contributed by atoms with van der Waals surface area (Å²) in [7, 11) is 0. The molecule has 0 aromatic rings. The van der Waals surface area contributed by atoms with Gasteiger partial charge in [-0.15, -0.1) is 6.42 Å². The van der Waals surface area contributed by atoms with Crippen LogP contribution in [-0.2, 0) is 0 Å². The molecule has 0 bridgehead atoms. The highest BCUT2D eigenvalue weighted by Gasteiger charge is 1.95. The highest BCUT2D eigenvalue weighted by atomic mass is 16.3. The molecule has 0 aromatic heterocycles. The summed E-state index contributed by atoms with van der Waals surface area (Å²) in [4.78, 5) is 0. The minimum absolute atomic E-state index is 0.399. The Balaban J connectivity index is 3.89. The van der Waals surface area contributed by atoms with Crippen LogP contribution >= 0.6 is 0 Å². The predicted octanol–water partition coefficient (Wildman–Crippen LogP) is 1.80. The summed E-state index contributed by atoms with van der Waals surface area (Å²) in [5, 5.41) is 27.2. The molecule has 3 heteroatoms. The molecular weight excluding hydrogens is 324 g/mol. The van der Waals surface area contributed by atoms with Crippen molar-refractivity contribution in [3.8, 4) is 59.7 Å². The van der Waals surface area contributed by atoms with E-state index in [0.717, 1.165) is 25.7 Å². The number of hydrogen-bond acceptors (Lipinski definition) is 3. The second kappa shape index (κ2) is 18.5. The van der Waals surface area contributed by atoms with E-state index in [9.17, 15) is 5.11 Å². The Kier molecular flexibility index (Phi) is 16.5. The van der Waals surface area contributed by atoms with Crippen molar-refractivity contribution in [2.75, 3.05) is 6.61 Å². The van der Waals surface area contributed by atoms with E-state index in [1.807, 2.05) is 12.2 Å². The Morgan fingerprint density at radius 1 is 0.846 bits per heavy atom. The van der Waals surface area contributed by atoms with Gasteiger partial charge in [-0.05, 0) is 67.9 Å². The van der Waals surface area contributed by atoms with Gasteiger partial charge >= 0.3 is 0 Å². The van der Waals surface area contributed by atoms with Crippen LogP contribution in [0.25, 0.3) is 0 Å². The molecule has 0 heterocycles. The zero-order valence-electron chi connectivity index (χ0n) is 14.8. The largest absolute Gasteiger partial charge is 0.393 e. The van der Waals surface area contributed by atoms with E-state index < -0.39 is 18.8 Å². The van der Waals surface area contributed by atoms with Crippen molar-refractivity contribution in [2.45, 2.75) is 50.7 Å². The molecule has 0 radical (unpaired) electrons. The van der Waals surface area contributed by atoms with Crippen molar-refractivity contribution in [3.05, 3.63) is 24.3 Å². The Hall–Kier alpha value is -2.84. The lowest BCUT2D eigenvalue weighted by atomic mass is 10.2. The smallest absolute Gasteiger partial charge is 0.138 e. The second-order valence-electron chi connectivity index (χ2n) is 5.12. The molecule has 134 valence electrons. The van der Waals surface area contributed by atoms with Gasteiger partial charge in [0.25, 0.3) is 0 Å². The van der Waals surface area contributed by atoms with Crippen LogP contribution in [0.1, 0.15) is 38.5 Å². The van der Waals surface area contributed by atoms with E-state index >= 15 is 0 Å². The Morgan fingerprint density at radius 3 is 2.19 bits per heavy atom. The average molecular weight is 348 g/mol. The molecule has 3 nitrogen and oxygen atoms in total. The first-order valence-corrected chi connectivity index (χ1v) is 8.43. The number of aliphatic hydroxyl groups excluding tert-OH is 3. The van der Waals surface area contributed by atoms with Gasteiger partial charge in [0.1, 0.15) is 12.2 Å². The molecular formula is C23H24O3. The number of hydrogen-bond donors (Lipinski definition) is 3. The van der Waals surface area contributed by atoms with Crippen LogP contribution < -0.4 is 0 Å². The lowest BCUT2D eigenvalue weighted by Crippen LogP contribution is -2.07. The molecule has 0 aliphatic carbocycles. The highest BCUT2D eigenvalue weighted by molar-refractivity contribution is 5.32. The van der Waals surface area contributed by atoms with Crippen LogP contribution in [0.2, 0.25) is 0 Å². The first kappa shape index (κ1) is 23.2. The first-order valence-electron chi connectivity index (χ1n) is 8.43. The second-order valence-corrected chi connectivity index (χ2v) is 5.12. The SMILES string of the molecule is C#C/C=C\CCCC/C=C\C#CC#CC(O)CCC#CC#CC(O)CO. The highest BCUT2D eigenvalue weighted by Crippen LogP contribution is 2.01. The summed E-state index contributed by atoms with van der Waals surface area (Å²) in [6.07, 6.45) is 15.7. The third-order valence-corrected chi connectivity index (χ3v) is 2.89. The Bertz CT molecular complexity index is 722. The standard InChI is InChI=1S/C23H24O3/c1-2-3-4-5-6-7-8-9-10-11-12-15-18-22(25)19-16-13-14-17-20-23(26)21-24/h1,3-4,9-10,22-26H,5-8,16,19,21H2/b4-3-,10-9-. The molecule has 0 aliphatic rings. The molecule has 0 aromatic carbocycles. The molecule has 2 atom stereocenters. The van der Waals surface area contributed by atoms with Gasteiger partial charge in [-0.25, -0.2) is 0 Å². The number of aliphatic hydroxyl groups is 3. The minimum atomic E-state index is -1.07. The maximum atomic E-state index is 9.64. The number of rotatable bonds is 8. The van der Waals surface area contributed by atoms with Crippen molar-refractivity contribution < 1.29 is 15.3 Å². The summed E-state index contributed by atoms with van der Waals surface area (Å²) in [6, 6.07) is 0. The lowest BCUT2D eigenvalue weighted by Gasteiger charge is -1.95.